The van der Waals surface area contributed by atoms with Crippen molar-refractivity contribution in [1.82, 2.24) is 0 Å². The molecule has 8 heteroatoms. The molecule has 0 radical (unpaired) electrons. The molecule has 0 rings (SSSR count). The van der Waals surface area contributed by atoms with Crippen molar-refractivity contribution in [3.63, 3.8) is 0 Å². The first-order valence-corrected chi connectivity index (χ1v) is 3.30. The third-order valence-corrected chi connectivity index (χ3v) is 1.40. The largest absolute Gasteiger partial charge is 1.00 e. The minimum absolute atomic E-state index is 0. The molecular weight excluding hydrogens is 207 g/mol. The second-order valence-electron chi connectivity index (χ2n) is 2.37. The summed E-state index contributed by atoms with van der Waals surface area (Å²) in [5, 5.41) is 44.8. The van der Waals surface area contributed by atoms with E-state index in [1.54, 1.807) is 0 Å². The Morgan fingerprint density at radius 3 is 1.86 bits per heavy atom. The molecule has 0 aliphatic rings. The van der Waals surface area contributed by atoms with E-state index in [1.807, 2.05) is 0 Å². The average molecular weight is 216 g/mol. The van der Waals surface area contributed by atoms with Crippen LogP contribution < -0.4 is 34.7 Å². The second-order valence-corrected chi connectivity index (χ2v) is 2.37. The fraction of sp³-hybridized carbons (Fsp3) is 0.667. The number of hydrogen-bond acceptors (Lipinski definition) is 7. The summed E-state index contributed by atoms with van der Waals surface area (Å²) in [6, 6.07) is 0. The minimum Gasteiger partial charge on any atom is -0.547 e. The topological polar surface area (TPSA) is 138 Å². The fourth-order valence-corrected chi connectivity index (χ4v) is 0.609. The molecule has 0 spiro atoms. The van der Waals surface area contributed by atoms with E-state index in [0.717, 1.165) is 0 Å². The Kier molecular flexibility index (Phi) is 8.55. The first-order chi connectivity index (χ1) is 5.91. The summed E-state index contributed by atoms with van der Waals surface area (Å²) in [5.74, 6) is -2.01. The number of hydrogen-bond donors (Lipinski definition) is 4. The SMILES string of the molecule is O=C[C@@H](O)[C@@H](O)[C@H](O)[C@H](O)C(=O)[O-].[Na+]. The van der Waals surface area contributed by atoms with Gasteiger partial charge in [-0.25, -0.2) is 0 Å². The van der Waals surface area contributed by atoms with Gasteiger partial charge in [0.15, 0.2) is 6.29 Å². The van der Waals surface area contributed by atoms with Crippen LogP contribution in [0.4, 0.5) is 0 Å². The van der Waals surface area contributed by atoms with Gasteiger partial charge in [0, 0.05) is 0 Å². The van der Waals surface area contributed by atoms with Crippen LogP contribution in [-0.2, 0) is 9.59 Å². The summed E-state index contributed by atoms with van der Waals surface area (Å²) >= 11 is 0. The zero-order chi connectivity index (χ0) is 10.6. The number of carboxylic acid groups (broad SMARTS) is 1. The van der Waals surface area contributed by atoms with Crippen molar-refractivity contribution in [2.45, 2.75) is 24.4 Å². The van der Waals surface area contributed by atoms with Gasteiger partial charge in [0.25, 0.3) is 0 Å². The standard InChI is InChI=1S/C6H10O7.Na/c7-1-2(8)3(9)4(10)5(11)6(12)13;/h1-5,8-11H,(H,12,13);/q;+1/p-1/t2-,3-,4+,5+;/m1./s1. The number of carbonyl (C=O) groups excluding carboxylic acids is 2. The molecule has 0 saturated heterocycles. The summed E-state index contributed by atoms with van der Waals surface area (Å²) in [4.78, 5) is 19.8. The maximum absolute atomic E-state index is 9.95. The van der Waals surface area contributed by atoms with Crippen LogP contribution in [0.1, 0.15) is 0 Å². The van der Waals surface area contributed by atoms with Crippen molar-refractivity contribution in [3.8, 4) is 0 Å². The summed E-state index contributed by atoms with van der Waals surface area (Å²) in [5.41, 5.74) is 0. The van der Waals surface area contributed by atoms with Gasteiger partial charge in [-0.15, -0.1) is 0 Å². The third kappa shape index (κ3) is 4.47. The van der Waals surface area contributed by atoms with Crippen LogP contribution in [-0.4, -0.2) is 57.1 Å². The van der Waals surface area contributed by atoms with Crippen LogP contribution in [0.3, 0.4) is 0 Å². The minimum atomic E-state index is -2.36. The summed E-state index contributed by atoms with van der Waals surface area (Å²) in [6.45, 7) is 0. The number of carboxylic acids is 1. The molecule has 0 aliphatic carbocycles. The van der Waals surface area contributed by atoms with Crippen molar-refractivity contribution in [1.29, 1.82) is 0 Å². The van der Waals surface area contributed by atoms with Gasteiger partial charge in [0.2, 0.25) is 0 Å². The van der Waals surface area contributed by atoms with Gasteiger partial charge in [-0.1, -0.05) is 0 Å². The van der Waals surface area contributed by atoms with Gasteiger partial charge < -0.3 is 35.1 Å². The zero-order valence-corrected chi connectivity index (χ0v) is 9.40. The molecule has 0 heterocycles. The van der Waals surface area contributed by atoms with Crippen molar-refractivity contribution in [3.05, 3.63) is 0 Å². The molecular formula is C6H9NaO7. The molecule has 4 N–H and O–H groups in total. The van der Waals surface area contributed by atoms with Gasteiger partial charge in [0.1, 0.15) is 24.4 Å². The van der Waals surface area contributed by atoms with Gasteiger partial charge in [-0.05, 0) is 0 Å². The van der Waals surface area contributed by atoms with Gasteiger partial charge in [-0.3, -0.25) is 0 Å². The number of aliphatic hydroxyl groups excluding tert-OH is 4. The number of rotatable bonds is 5. The maximum Gasteiger partial charge on any atom is 1.00 e. The predicted molar refractivity (Wildman–Crippen MR) is 35.1 cm³/mol. The number of aliphatic hydroxyl groups is 4. The second kappa shape index (κ2) is 7.30. The van der Waals surface area contributed by atoms with Crippen LogP contribution >= 0.6 is 0 Å². The van der Waals surface area contributed by atoms with E-state index in [4.69, 9.17) is 20.4 Å². The van der Waals surface area contributed by atoms with Crippen molar-refractivity contribution < 1.29 is 64.7 Å². The summed E-state index contributed by atoms with van der Waals surface area (Å²) in [6.07, 6.45) is -8.65. The summed E-state index contributed by atoms with van der Waals surface area (Å²) < 4.78 is 0. The van der Waals surface area contributed by atoms with Gasteiger partial charge in [-0.2, -0.15) is 0 Å². The van der Waals surface area contributed by atoms with Gasteiger partial charge in [0.05, 0.1) is 5.97 Å². The average Bonchev–Trinajstić information content (AvgIpc) is 2.12. The first-order valence-electron chi connectivity index (χ1n) is 3.30. The number of aldehydes is 1. The number of carbonyl (C=O) groups is 2. The Balaban J connectivity index is 0. The molecule has 0 fully saturated rings. The van der Waals surface area contributed by atoms with E-state index >= 15 is 0 Å². The molecule has 0 unspecified atom stereocenters. The molecule has 76 valence electrons. The van der Waals surface area contributed by atoms with Crippen LogP contribution in [0.5, 0.6) is 0 Å². The normalized spacial score (nSPS) is 18.6. The molecule has 0 amide bonds. The Labute approximate surface area is 101 Å². The van der Waals surface area contributed by atoms with Crippen LogP contribution in [0.2, 0.25) is 0 Å². The van der Waals surface area contributed by atoms with E-state index in [1.165, 1.54) is 0 Å². The van der Waals surface area contributed by atoms with E-state index in [-0.39, 0.29) is 35.8 Å². The van der Waals surface area contributed by atoms with Crippen molar-refractivity contribution in [2.75, 3.05) is 0 Å². The fourth-order valence-electron chi connectivity index (χ4n) is 0.609. The molecule has 7 nitrogen and oxygen atoms in total. The Bertz CT molecular complexity index is 197. The van der Waals surface area contributed by atoms with Crippen LogP contribution in [0.25, 0.3) is 0 Å². The van der Waals surface area contributed by atoms with Crippen LogP contribution in [0, 0.1) is 0 Å². The monoisotopic (exact) mass is 216 g/mol. The molecule has 0 aromatic carbocycles. The quantitative estimate of drug-likeness (QED) is 0.264. The van der Waals surface area contributed by atoms with Crippen molar-refractivity contribution in [2.24, 2.45) is 0 Å². The molecule has 0 aliphatic heterocycles. The maximum atomic E-state index is 9.95. The molecule has 14 heavy (non-hydrogen) atoms. The predicted octanol–water partition coefficient (Wildman–Crippen LogP) is -7.62. The molecule has 4 atom stereocenters. The molecule has 0 aromatic rings. The molecule has 0 aromatic heterocycles. The Morgan fingerprint density at radius 2 is 1.57 bits per heavy atom. The van der Waals surface area contributed by atoms with E-state index in [2.05, 4.69) is 0 Å². The van der Waals surface area contributed by atoms with E-state index in [0.29, 0.717) is 0 Å². The van der Waals surface area contributed by atoms with E-state index in [9.17, 15) is 14.7 Å². The van der Waals surface area contributed by atoms with Crippen molar-refractivity contribution >= 4 is 12.3 Å². The third-order valence-electron chi connectivity index (χ3n) is 1.40. The Morgan fingerprint density at radius 1 is 1.14 bits per heavy atom. The number of aliphatic carboxylic acids is 1. The zero-order valence-electron chi connectivity index (χ0n) is 7.40. The molecule has 0 bridgehead atoms. The summed E-state index contributed by atoms with van der Waals surface area (Å²) in [7, 11) is 0. The van der Waals surface area contributed by atoms with E-state index < -0.39 is 30.4 Å². The Hall–Kier alpha value is -0.0200. The smallest absolute Gasteiger partial charge is 0.547 e. The first kappa shape index (κ1) is 16.4. The molecule has 0 saturated carbocycles. The van der Waals surface area contributed by atoms with Gasteiger partial charge >= 0.3 is 29.6 Å². The van der Waals surface area contributed by atoms with Crippen LogP contribution in [0.15, 0.2) is 0 Å².